The molecular formula is C41H43FN6O4. The Kier molecular flexibility index (Phi) is 10.7. The molecular weight excluding hydrogens is 659 g/mol. The molecule has 0 unspecified atom stereocenters. The second kappa shape index (κ2) is 15.9. The summed E-state index contributed by atoms with van der Waals surface area (Å²) in [6, 6.07) is 25.1. The lowest BCUT2D eigenvalue weighted by Crippen LogP contribution is -2.44. The van der Waals surface area contributed by atoms with E-state index in [1.165, 1.54) is 0 Å². The van der Waals surface area contributed by atoms with Gasteiger partial charge in [-0.05, 0) is 111 Å². The van der Waals surface area contributed by atoms with Crippen LogP contribution in [0.1, 0.15) is 58.5 Å². The highest BCUT2D eigenvalue weighted by atomic mass is 19.1. The van der Waals surface area contributed by atoms with Crippen LogP contribution >= 0.6 is 0 Å². The van der Waals surface area contributed by atoms with E-state index < -0.39 is 11.7 Å². The van der Waals surface area contributed by atoms with Crippen LogP contribution in [0.2, 0.25) is 0 Å². The molecule has 0 bridgehead atoms. The molecule has 11 heteroatoms. The van der Waals surface area contributed by atoms with E-state index in [4.69, 9.17) is 4.74 Å². The third kappa shape index (κ3) is 8.55. The Morgan fingerprint density at radius 2 is 1.65 bits per heavy atom. The van der Waals surface area contributed by atoms with Gasteiger partial charge in [-0.3, -0.25) is 14.5 Å². The van der Waals surface area contributed by atoms with Gasteiger partial charge in [0.1, 0.15) is 28.6 Å². The van der Waals surface area contributed by atoms with Crippen molar-refractivity contribution >= 4 is 22.7 Å². The molecule has 268 valence electrons. The minimum absolute atomic E-state index is 0.000313. The fraction of sp³-hybridized carbons (Fsp3) is 0.317. The molecule has 52 heavy (non-hydrogen) atoms. The number of carbonyl (C=O) groups excluding carboxylic acids is 2. The van der Waals surface area contributed by atoms with E-state index >= 15 is 0 Å². The molecule has 0 spiro atoms. The van der Waals surface area contributed by atoms with Crippen molar-refractivity contribution in [3.8, 4) is 28.5 Å². The SMILES string of the molecule is CN1CCCN(Cc2cc(O)ccc2-c2cccc(Oc3ncc(F)cc3C(=O)NC3CCC(NC(=O)c4ccc5ccccc5n4)CC3)c2)CC1. The summed E-state index contributed by atoms with van der Waals surface area (Å²) in [6.45, 7) is 4.67. The zero-order valence-corrected chi connectivity index (χ0v) is 29.2. The van der Waals surface area contributed by atoms with Crippen LogP contribution in [0.5, 0.6) is 17.4 Å². The monoisotopic (exact) mass is 702 g/mol. The van der Waals surface area contributed by atoms with E-state index in [9.17, 15) is 19.1 Å². The van der Waals surface area contributed by atoms with E-state index in [0.29, 0.717) is 43.7 Å². The number of amides is 2. The van der Waals surface area contributed by atoms with Gasteiger partial charge < -0.3 is 25.4 Å². The number of carbonyl (C=O) groups is 2. The molecule has 1 aliphatic carbocycles. The van der Waals surface area contributed by atoms with Gasteiger partial charge in [0.05, 0.1) is 11.7 Å². The van der Waals surface area contributed by atoms with Crippen LogP contribution in [0, 0.1) is 5.82 Å². The van der Waals surface area contributed by atoms with Crippen molar-refractivity contribution in [2.45, 2.75) is 50.7 Å². The second-order valence-corrected chi connectivity index (χ2v) is 13.8. The Balaban J connectivity index is 0.992. The highest BCUT2D eigenvalue weighted by Crippen LogP contribution is 2.33. The number of aromatic hydroxyl groups is 1. The minimum Gasteiger partial charge on any atom is -0.508 e. The number of nitrogens with zero attached hydrogens (tertiary/aromatic N) is 4. The van der Waals surface area contributed by atoms with Gasteiger partial charge in [-0.15, -0.1) is 0 Å². The lowest BCUT2D eigenvalue weighted by Gasteiger charge is -2.29. The number of fused-ring (bicyclic) bond motifs is 1. The number of nitrogens with one attached hydrogen (secondary N) is 2. The maximum atomic E-state index is 14.5. The van der Waals surface area contributed by atoms with Crippen molar-refractivity contribution in [2.24, 2.45) is 0 Å². The molecule has 1 saturated carbocycles. The number of hydrogen-bond acceptors (Lipinski definition) is 8. The zero-order chi connectivity index (χ0) is 36.0. The summed E-state index contributed by atoms with van der Waals surface area (Å²) in [5.41, 5.74) is 3.98. The molecule has 0 radical (unpaired) electrons. The van der Waals surface area contributed by atoms with Gasteiger partial charge in [-0.25, -0.2) is 14.4 Å². The molecule has 1 saturated heterocycles. The first-order chi connectivity index (χ1) is 25.3. The van der Waals surface area contributed by atoms with E-state index in [1.807, 2.05) is 60.7 Å². The summed E-state index contributed by atoms with van der Waals surface area (Å²) >= 11 is 0. The molecule has 0 atom stereocenters. The molecule has 3 N–H and O–H groups in total. The number of phenols is 1. The topological polar surface area (TPSA) is 120 Å². The van der Waals surface area contributed by atoms with Crippen molar-refractivity contribution in [2.75, 3.05) is 33.2 Å². The highest BCUT2D eigenvalue weighted by Gasteiger charge is 2.26. The van der Waals surface area contributed by atoms with Crippen molar-refractivity contribution < 1.29 is 23.8 Å². The zero-order valence-electron chi connectivity index (χ0n) is 29.2. The van der Waals surface area contributed by atoms with Crippen LogP contribution < -0.4 is 15.4 Å². The molecule has 7 rings (SSSR count). The van der Waals surface area contributed by atoms with Crippen LogP contribution in [-0.2, 0) is 6.54 Å². The number of benzene rings is 3. The van der Waals surface area contributed by atoms with Gasteiger partial charge in [-0.2, -0.15) is 0 Å². The molecule has 5 aromatic rings. The normalized spacial score (nSPS) is 18.4. The number of halogens is 1. The minimum atomic E-state index is -0.645. The van der Waals surface area contributed by atoms with E-state index in [1.54, 1.807) is 18.2 Å². The first-order valence-electron chi connectivity index (χ1n) is 17.9. The average molecular weight is 703 g/mol. The standard InChI is InChI=1S/C41H43FN6O4/c1-47-18-5-19-48(21-20-47)26-29-22-33(49)15-16-35(29)28-7-4-8-34(23-28)52-41-36(24-30(42)25-43-41)39(50)44-31-11-13-32(14-12-31)45-40(51)38-17-10-27-6-2-3-9-37(27)46-38/h2-4,6-10,15-17,22-25,31-32,49H,5,11-14,18-21,26H2,1H3,(H,44,50)(H,45,51). The van der Waals surface area contributed by atoms with Crippen molar-refractivity contribution in [1.29, 1.82) is 0 Å². The van der Waals surface area contributed by atoms with Crippen molar-refractivity contribution in [3.63, 3.8) is 0 Å². The number of phenolic OH excluding ortho intramolecular Hbond substituents is 1. The van der Waals surface area contributed by atoms with Crippen LogP contribution in [0.4, 0.5) is 4.39 Å². The predicted octanol–water partition coefficient (Wildman–Crippen LogP) is 6.54. The third-order valence-corrected chi connectivity index (χ3v) is 9.95. The Bertz CT molecular complexity index is 2070. The van der Waals surface area contributed by atoms with Gasteiger partial charge in [0.25, 0.3) is 11.8 Å². The molecule has 1 aliphatic heterocycles. The fourth-order valence-electron chi connectivity index (χ4n) is 7.10. The molecule has 3 aromatic carbocycles. The number of hydrogen-bond donors (Lipinski definition) is 3. The molecule has 2 fully saturated rings. The van der Waals surface area contributed by atoms with E-state index in [-0.39, 0.29) is 35.2 Å². The second-order valence-electron chi connectivity index (χ2n) is 13.8. The quantitative estimate of drug-likeness (QED) is 0.158. The van der Waals surface area contributed by atoms with E-state index in [0.717, 1.165) is 72.5 Å². The average Bonchev–Trinajstić information content (AvgIpc) is 3.36. The summed E-state index contributed by atoms with van der Waals surface area (Å²) in [6.07, 6.45) is 4.76. The van der Waals surface area contributed by atoms with Crippen LogP contribution in [0.3, 0.4) is 0 Å². The fourth-order valence-corrected chi connectivity index (χ4v) is 7.10. The van der Waals surface area contributed by atoms with Crippen LogP contribution in [0.25, 0.3) is 22.0 Å². The Morgan fingerprint density at radius 1 is 0.865 bits per heavy atom. The number of rotatable bonds is 9. The van der Waals surface area contributed by atoms with Crippen molar-refractivity contribution in [1.82, 2.24) is 30.4 Å². The van der Waals surface area contributed by atoms with Gasteiger partial charge >= 0.3 is 0 Å². The number of likely N-dealkylation sites (N-methyl/N-ethyl adjacent to an activating group) is 1. The smallest absolute Gasteiger partial charge is 0.270 e. The number of aromatic nitrogens is 2. The number of pyridine rings is 2. The summed E-state index contributed by atoms with van der Waals surface area (Å²) < 4.78 is 20.6. The first-order valence-corrected chi connectivity index (χ1v) is 17.9. The Morgan fingerprint density at radius 3 is 2.48 bits per heavy atom. The van der Waals surface area contributed by atoms with Crippen molar-refractivity contribution in [3.05, 3.63) is 114 Å². The maximum Gasteiger partial charge on any atom is 0.270 e. The summed E-state index contributed by atoms with van der Waals surface area (Å²) in [5.74, 6) is -0.691. The van der Waals surface area contributed by atoms with Gasteiger partial charge in [0, 0.05) is 37.1 Å². The Labute approximate surface area is 302 Å². The third-order valence-electron chi connectivity index (χ3n) is 9.95. The predicted molar refractivity (Wildman–Crippen MR) is 198 cm³/mol. The number of ether oxygens (including phenoxy) is 1. The summed E-state index contributed by atoms with van der Waals surface area (Å²) in [5, 5.41) is 17.4. The molecule has 2 amide bonds. The summed E-state index contributed by atoms with van der Waals surface area (Å²) in [7, 11) is 2.14. The number of para-hydroxylation sites is 1. The van der Waals surface area contributed by atoms with E-state index in [2.05, 4.69) is 37.4 Å². The van der Waals surface area contributed by atoms with Gasteiger partial charge in [0.15, 0.2) is 0 Å². The summed E-state index contributed by atoms with van der Waals surface area (Å²) in [4.78, 5) is 39.8. The lowest BCUT2D eigenvalue weighted by molar-refractivity contribution is 0.0887. The Hall–Kier alpha value is -5.39. The lowest BCUT2D eigenvalue weighted by atomic mass is 9.91. The highest BCUT2D eigenvalue weighted by molar-refractivity contribution is 5.97. The van der Waals surface area contributed by atoms with Gasteiger partial charge in [0.2, 0.25) is 5.88 Å². The molecule has 2 aliphatic rings. The van der Waals surface area contributed by atoms with Crippen LogP contribution in [-0.4, -0.2) is 82.0 Å². The van der Waals surface area contributed by atoms with Gasteiger partial charge in [-0.1, -0.05) is 42.5 Å². The molecule has 10 nitrogen and oxygen atoms in total. The van der Waals surface area contributed by atoms with Crippen LogP contribution in [0.15, 0.2) is 91.1 Å². The molecule has 3 heterocycles. The maximum absolute atomic E-state index is 14.5. The first kappa shape index (κ1) is 35.0. The molecule has 2 aromatic heterocycles. The largest absolute Gasteiger partial charge is 0.508 e.